The fourth-order valence-corrected chi connectivity index (χ4v) is 2.80. The van der Waals surface area contributed by atoms with Gasteiger partial charge in [0.25, 0.3) is 0 Å². The maximum atomic E-state index is 12.4. The average molecular weight is 284 g/mol. The van der Waals surface area contributed by atoms with Crippen molar-refractivity contribution in [3.8, 4) is 0 Å². The molecule has 1 rings (SSSR count). The first-order valence-corrected chi connectivity index (χ1v) is 7.68. The van der Waals surface area contributed by atoms with Gasteiger partial charge in [-0.1, -0.05) is 13.8 Å². The van der Waals surface area contributed by atoms with Crippen LogP contribution in [0.3, 0.4) is 0 Å². The van der Waals surface area contributed by atoms with Crippen LogP contribution in [-0.2, 0) is 4.79 Å². The van der Waals surface area contributed by atoms with Crippen LogP contribution in [0.15, 0.2) is 0 Å². The molecular formula is C15H28N2O3. The van der Waals surface area contributed by atoms with E-state index < -0.39 is 11.5 Å². The standard InChI is InChI=1S/C15H28N2O3/c1-5-12(4)17(6-2)14(20)16-15(13(18)19)9-7-11(3)8-10-15/h11-12H,5-10H2,1-4H3,(H,16,20)(H,18,19). The van der Waals surface area contributed by atoms with Gasteiger partial charge in [-0.05, 0) is 51.9 Å². The van der Waals surface area contributed by atoms with Crippen LogP contribution in [-0.4, -0.2) is 40.1 Å². The third-order valence-electron chi connectivity index (χ3n) is 4.61. The third-order valence-corrected chi connectivity index (χ3v) is 4.61. The fraction of sp³-hybridized carbons (Fsp3) is 0.867. The predicted molar refractivity (Wildman–Crippen MR) is 78.7 cm³/mol. The lowest BCUT2D eigenvalue weighted by Crippen LogP contribution is -2.60. The molecule has 2 amide bonds. The van der Waals surface area contributed by atoms with E-state index in [2.05, 4.69) is 12.2 Å². The molecule has 0 bridgehead atoms. The molecule has 1 aliphatic rings. The summed E-state index contributed by atoms with van der Waals surface area (Å²) in [6.45, 7) is 8.65. The van der Waals surface area contributed by atoms with Gasteiger partial charge in [0.2, 0.25) is 0 Å². The molecule has 0 saturated heterocycles. The highest BCUT2D eigenvalue weighted by Gasteiger charge is 2.43. The minimum Gasteiger partial charge on any atom is -0.480 e. The molecule has 0 aromatic carbocycles. The minimum absolute atomic E-state index is 0.119. The number of carbonyl (C=O) groups is 2. The Morgan fingerprint density at radius 2 is 1.90 bits per heavy atom. The zero-order valence-corrected chi connectivity index (χ0v) is 13.1. The van der Waals surface area contributed by atoms with Gasteiger partial charge in [-0.3, -0.25) is 0 Å². The lowest BCUT2D eigenvalue weighted by atomic mass is 9.77. The first kappa shape index (κ1) is 16.8. The van der Waals surface area contributed by atoms with E-state index in [1.807, 2.05) is 20.8 Å². The summed E-state index contributed by atoms with van der Waals surface area (Å²) >= 11 is 0. The predicted octanol–water partition coefficient (Wildman–Crippen LogP) is 2.85. The number of hydrogen-bond donors (Lipinski definition) is 2. The molecule has 1 saturated carbocycles. The van der Waals surface area contributed by atoms with Gasteiger partial charge in [0.1, 0.15) is 5.54 Å². The van der Waals surface area contributed by atoms with Gasteiger partial charge >= 0.3 is 12.0 Å². The normalized spacial score (nSPS) is 27.7. The van der Waals surface area contributed by atoms with Crippen molar-refractivity contribution in [2.24, 2.45) is 5.92 Å². The van der Waals surface area contributed by atoms with Gasteiger partial charge in [-0.25, -0.2) is 9.59 Å². The van der Waals surface area contributed by atoms with Crippen LogP contribution in [0.5, 0.6) is 0 Å². The van der Waals surface area contributed by atoms with Gasteiger partial charge < -0.3 is 15.3 Å². The lowest BCUT2D eigenvalue weighted by molar-refractivity contribution is -0.146. The Morgan fingerprint density at radius 1 is 1.35 bits per heavy atom. The van der Waals surface area contributed by atoms with Crippen molar-refractivity contribution in [1.82, 2.24) is 10.2 Å². The second-order valence-corrected chi connectivity index (χ2v) is 6.04. The van der Waals surface area contributed by atoms with Crippen LogP contribution in [0.2, 0.25) is 0 Å². The molecule has 5 nitrogen and oxygen atoms in total. The Bertz CT molecular complexity index is 349. The summed E-state index contributed by atoms with van der Waals surface area (Å²) in [6.07, 6.45) is 3.60. The highest BCUT2D eigenvalue weighted by atomic mass is 16.4. The molecular weight excluding hydrogens is 256 g/mol. The van der Waals surface area contributed by atoms with Crippen LogP contribution in [0.4, 0.5) is 4.79 Å². The van der Waals surface area contributed by atoms with Crippen molar-refractivity contribution in [2.45, 2.75) is 71.4 Å². The van der Waals surface area contributed by atoms with Crippen molar-refractivity contribution >= 4 is 12.0 Å². The number of nitrogens with one attached hydrogen (secondary N) is 1. The summed E-state index contributed by atoms with van der Waals surface area (Å²) in [5.74, 6) is -0.367. The first-order chi connectivity index (χ1) is 9.36. The van der Waals surface area contributed by atoms with Gasteiger partial charge in [0.05, 0.1) is 0 Å². The molecule has 0 aromatic heterocycles. The van der Waals surface area contributed by atoms with E-state index in [4.69, 9.17) is 0 Å². The first-order valence-electron chi connectivity index (χ1n) is 7.68. The Morgan fingerprint density at radius 3 is 2.30 bits per heavy atom. The number of nitrogens with zero attached hydrogens (tertiary/aromatic N) is 1. The van der Waals surface area contributed by atoms with Crippen LogP contribution in [0.25, 0.3) is 0 Å². The number of hydrogen-bond acceptors (Lipinski definition) is 2. The molecule has 0 aliphatic heterocycles. The molecule has 1 fully saturated rings. The zero-order chi connectivity index (χ0) is 15.3. The monoisotopic (exact) mass is 284 g/mol. The second kappa shape index (κ2) is 6.95. The molecule has 116 valence electrons. The van der Waals surface area contributed by atoms with E-state index in [-0.39, 0.29) is 12.1 Å². The van der Waals surface area contributed by atoms with Crippen molar-refractivity contribution in [2.75, 3.05) is 6.54 Å². The number of urea groups is 1. The fourth-order valence-electron chi connectivity index (χ4n) is 2.80. The highest BCUT2D eigenvalue weighted by molar-refractivity contribution is 5.86. The zero-order valence-electron chi connectivity index (χ0n) is 13.1. The largest absolute Gasteiger partial charge is 0.480 e. The van der Waals surface area contributed by atoms with Gasteiger partial charge in [-0.2, -0.15) is 0 Å². The van der Waals surface area contributed by atoms with Crippen molar-refractivity contribution < 1.29 is 14.7 Å². The minimum atomic E-state index is -1.08. The van der Waals surface area contributed by atoms with Crippen LogP contribution >= 0.6 is 0 Å². The smallest absolute Gasteiger partial charge is 0.329 e. The van der Waals surface area contributed by atoms with Crippen molar-refractivity contribution in [3.05, 3.63) is 0 Å². The van der Waals surface area contributed by atoms with E-state index in [0.717, 1.165) is 19.3 Å². The molecule has 0 radical (unpaired) electrons. The SMILES string of the molecule is CCC(C)N(CC)C(=O)NC1(C(=O)O)CCC(C)CC1. The van der Waals surface area contributed by atoms with Crippen molar-refractivity contribution in [1.29, 1.82) is 0 Å². The molecule has 0 spiro atoms. The molecule has 1 unspecified atom stereocenters. The Kier molecular flexibility index (Phi) is 5.84. The van der Waals surface area contributed by atoms with E-state index in [1.54, 1.807) is 4.90 Å². The molecule has 2 N–H and O–H groups in total. The number of carboxylic acid groups (broad SMARTS) is 1. The van der Waals surface area contributed by atoms with E-state index in [0.29, 0.717) is 25.3 Å². The molecule has 5 heteroatoms. The molecule has 1 atom stereocenters. The number of rotatable bonds is 5. The van der Waals surface area contributed by atoms with Crippen molar-refractivity contribution in [3.63, 3.8) is 0 Å². The number of carboxylic acids is 1. The average Bonchev–Trinajstić information content (AvgIpc) is 2.41. The maximum absolute atomic E-state index is 12.4. The third kappa shape index (κ3) is 3.64. The molecule has 0 aromatic rings. The topological polar surface area (TPSA) is 69.6 Å². The highest BCUT2D eigenvalue weighted by Crippen LogP contribution is 2.32. The second-order valence-electron chi connectivity index (χ2n) is 6.04. The maximum Gasteiger partial charge on any atom is 0.329 e. The Labute approximate surface area is 121 Å². The summed E-state index contributed by atoms with van der Waals surface area (Å²) in [7, 11) is 0. The summed E-state index contributed by atoms with van der Waals surface area (Å²) in [6, 6.07) is -0.132. The van der Waals surface area contributed by atoms with Gasteiger partial charge in [0, 0.05) is 12.6 Å². The summed E-state index contributed by atoms with van der Waals surface area (Å²) in [5, 5.41) is 12.3. The number of aliphatic carboxylic acids is 1. The lowest BCUT2D eigenvalue weighted by Gasteiger charge is -2.39. The molecule has 0 heterocycles. The Hall–Kier alpha value is -1.26. The van der Waals surface area contributed by atoms with Crippen LogP contribution in [0.1, 0.15) is 59.8 Å². The van der Waals surface area contributed by atoms with Gasteiger partial charge in [-0.15, -0.1) is 0 Å². The summed E-state index contributed by atoms with van der Waals surface area (Å²) < 4.78 is 0. The molecule has 20 heavy (non-hydrogen) atoms. The quantitative estimate of drug-likeness (QED) is 0.815. The number of amides is 2. The molecule has 1 aliphatic carbocycles. The van der Waals surface area contributed by atoms with E-state index in [1.165, 1.54) is 0 Å². The van der Waals surface area contributed by atoms with Crippen LogP contribution < -0.4 is 5.32 Å². The van der Waals surface area contributed by atoms with E-state index >= 15 is 0 Å². The summed E-state index contributed by atoms with van der Waals surface area (Å²) in [4.78, 5) is 25.7. The Balaban J connectivity index is 2.80. The number of carbonyl (C=O) groups excluding carboxylic acids is 1. The van der Waals surface area contributed by atoms with Gasteiger partial charge in [0.15, 0.2) is 0 Å². The van der Waals surface area contributed by atoms with E-state index in [9.17, 15) is 14.7 Å². The summed E-state index contributed by atoms with van der Waals surface area (Å²) in [5.41, 5.74) is -1.08. The van der Waals surface area contributed by atoms with Crippen LogP contribution in [0, 0.1) is 5.92 Å².